The SMILES string of the molecule is O=C(NN1CC(SC(c2ccccc2)(c2ccccc2)c2ccccc2)C1=O)OCc1cccc([N+](=O)[O-])c1. The van der Waals surface area contributed by atoms with Crippen LogP contribution >= 0.6 is 11.8 Å². The summed E-state index contributed by atoms with van der Waals surface area (Å²) in [5.41, 5.74) is 6.00. The van der Waals surface area contributed by atoms with Gasteiger partial charge in [-0.3, -0.25) is 14.9 Å². The number of benzene rings is 4. The lowest BCUT2D eigenvalue weighted by atomic mass is 9.84. The van der Waals surface area contributed by atoms with E-state index in [-0.39, 0.29) is 18.2 Å². The minimum atomic E-state index is -0.807. The molecular formula is C30H25N3O5S. The number of nitrogens with one attached hydrogen (secondary N) is 1. The second-order valence-corrected chi connectivity index (χ2v) is 10.4. The van der Waals surface area contributed by atoms with Crippen molar-refractivity contribution < 1.29 is 19.2 Å². The Labute approximate surface area is 229 Å². The highest BCUT2D eigenvalue weighted by atomic mass is 32.2. The van der Waals surface area contributed by atoms with E-state index in [4.69, 9.17) is 4.74 Å². The van der Waals surface area contributed by atoms with Gasteiger partial charge in [-0.1, -0.05) is 103 Å². The number of hydrazine groups is 1. The molecule has 1 aliphatic rings. The number of amides is 2. The summed E-state index contributed by atoms with van der Waals surface area (Å²) in [6, 6.07) is 36.1. The van der Waals surface area contributed by atoms with Gasteiger partial charge in [0.25, 0.3) is 11.6 Å². The molecule has 4 aromatic rings. The Bertz CT molecular complexity index is 1370. The largest absolute Gasteiger partial charge is 0.443 e. The van der Waals surface area contributed by atoms with Crippen molar-refractivity contribution in [3.63, 3.8) is 0 Å². The summed E-state index contributed by atoms with van der Waals surface area (Å²) in [5.74, 6) is -0.237. The van der Waals surface area contributed by atoms with Crippen LogP contribution in [0, 0.1) is 10.1 Å². The number of β-lactam (4-membered cyclic amide) rings is 1. The van der Waals surface area contributed by atoms with E-state index in [2.05, 4.69) is 41.8 Å². The van der Waals surface area contributed by atoms with E-state index in [1.54, 1.807) is 17.8 Å². The normalized spacial score (nSPS) is 14.8. The van der Waals surface area contributed by atoms with Gasteiger partial charge < -0.3 is 4.74 Å². The number of hydrogen-bond donors (Lipinski definition) is 1. The average molecular weight is 540 g/mol. The highest BCUT2D eigenvalue weighted by Crippen LogP contribution is 2.51. The molecule has 1 N–H and O–H groups in total. The Morgan fingerprint density at radius 3 is 1.92 bits per heavy atom. The van der Waals surface area contributed by atoms with Gasteiger partial charge in [0.15, 0.2) is 0 Å². The molecule has 1 saturated heterocycles. The van der Waals surface area contributed by atoms with Crippen LogP contribution in [0.4, 0.5) is 10.5 Å². The molecule has 1 fully saturated rings. The third-order valence-corrected chi connectivity index (χ3v) is 8.16. The Balaban J connectivity index is 1.32. The zero-order chi connectivity index (χ0) is 27.2. The van der Waals surface area contributed by atoms with Crippen molar-refractivity contribution in [3.05, 3.63) is 148 Å². The maximum atomic E-state index is 13.2. The predicted molar refractivity (Wildman–Crippen MR) is 149 cm³/mol. The Kier molecular flexibility index (Phi) is 7.60. The van der Waals surface area contributed by atoms with Crippen LogP contribution in [0.1, 0.15) is 22.3 Å². The van der Waals surface area contributed by atoms with Crippen molar-refractivity contribution in [2.24, 2.45) is 0 Å². The lowest BCUT2D eigenvalue weighted by Crippen LogP contribution is -2.63. The minimum absolute atomic E-state index is 0.0898. The van der Waals surface area contributed by atoms with Crippen molar-refractivity contribution in [1.82, 2.24) is 10.4 Å². The van der Waals surface area contributed by atoms with Crippen LogP contribution in [-0.4, -0.2) is 33.7 Å². The molecule has 39 heavy (non-hydrogen) atoms. The Hall–Kier alpha value is -4.63. The zero-order valence-corrected chi connectivity index (χ0v) is 21.6. The number of non-ortho nitro benzene ring substituents is 1. The Morgan fingerprint density at radius 1 is 0.897 bits per heavy atom. The first-order valence-electron chi connectivity index (χ1n) is 12.3. The molecule has 0 spiro atoms. The topological polar surface area (TPSA) is 102 Å². The third-order valence-electron chi connectivity index (χ3n) is 6.47. The van der Waals surface area contributed by atoms with Gasteiger partial charge >= 0.3 is 6.09 Å². The molecule has 0 aromatic heterocycles. The van der Waals surface area contributed by atoms with Crippen LogP contribution in [0.3, 0.4) is 0 Å². The first-order chi connectivity index (χ1) is 19.0. The fraction of sp³-hybridized carbons (Fsp3) is 0.133. The molecule has 0 radical (unpaired) electrons. The molecular weight excluding hydrogens is 514 g/mol. The van der Waals surface area contributed by atoms with Crippen LogP contribution in [0.25, 0.3) is 0 Å². The van der Waals surface area contributed by atoms with E-state index < -0.39 is 21.0 Å². The standard InChI is InChI=1S/C30H25N3O5S/c34-28-27(20-32(28)31-29(35)38-21-22-11-10-18-26(19-22)33(36)37)39-30(23-12-4-1-5-13-23,24-14-6-2-7-15-24)25-16-8-3-9-17-25/h1-19,27H,20-21H2,(H,31,35). The summed E-state index contributed by atoms with van der Waals surface area (Å²) in [5, 5.41) is 11.8. The van der Waals surface area contributed by atoms with Crippen molar-refractivity contribution in [3.8, 4) is 0 Å². The van der Waals surface area contributed by atoms with Gasteiger partial charge in [-0.25, -0.2) is 15.2 Å². The first-order valence-corrected chi connectivity index (χ1v) is 13.2. The fourth-order valence-corrected chi connectivity index (χ4v) is 6.27. The molecule has 2 amide bonds. The second-order valence-electron chi connectivity index (χ2n) is 8.95. The van der Waals surface area contributed by atoms with E-state index >= 15 is 0 Å². The van der Waals surface area contributed by atoms with Gasteiger partial charge in [0, 0.05) is 12.1 Å². The smallest absolute Gasteiger partial charge is 0.426 e. The maximum Gasteiger partial charge on any atom is 0.426 e. The van der Waals surface area contributed by atoms with Gasteiger partial charge in [0.2, 0.25) is 0 Å². The van der Waals surface area contributed by atoms with E-state index in [0.29, 0.717) is 12.1 Å². The van der Waals surface area contributed by atoms with Crippen LogP contribution in [0.15, 0.2) is 115 Å². The van der Waals surface area contributed by atoms with Crippen LogP contribution in [-0.2, 0) is 20.9 Å². The molecule has 9 heteroatoms. The van der Waals surface area contributed by atoms with Gasteiger partial charge in [-0.15, -0.1) is 11.8 Å². The second kappa shape index (κ2) is 11.4. The van der Waals surface area contributed by atoms with Crippen molar-refractivity contribution in [2.45, 2.75) is 16.6 Å². The van der Waals surface area contributed by atoms with Crippen molar-refractivity contribution >= 4 is 29.4 Å². The van der Waals surface area contributed by atoms with E-state index in [1.165, 1.54) is 23.2 Å². The number of ether oxygens (including phenoxy) is 1. The molecule has 1 aliphatic heterocycles. The van der Waals surface area contributed by atoms with Crippen molar-refractivity contribution in [1.29, 1.82) is 0 Å². The number of carbonyl (C=O) groups excluding carboxylic acids is 2. The lowest BCUT2D eigenvalue weighted by Gasteiger charge is -2.44. The van der Waals surface area contributed by atoms with Gasteiger partial charge in [0.05, 0.1) is 16.2 Å². The summed E-state index contributed by atoms with van der Waals surface area (Å²) in [4.78, 5) is 36.0. The molecule has 4 aromatic carbocycles. The van der Waals surface area contributed by atoms with Crippen LogP contribution in [0.2, 0.25) is 0 Å². The molecule has 8 nitrogen and oxygen atoms in total. The summed E-state index contributed by atoms with van der Waals surface area (Å²) >= 11 is 1.54. The number of hydrogen-bond acceptors (Lipinski definition) is 6. The third kappa shape index (κ3) is 5.49. The van der Waals surface area contributed by atoms with E-state index in [1.807, 2.05) is 54.6 Å². The lowest BCUT2D eigenvalue weighted by molar-refractivity contribution is -0.384. The summed E-state index contributed by atoms with van der Waals surface area (Å²) < 4.78 is 4.53. The number of thioether (sulfide) groups is 1. The summed E-state index contributed by atoms with van der Waals surface area (Å²) in [7, 11) is 0. The minimum Gasteiger partial charge on any atom is -0.443 e. The number of nitrogens with zero attached hydrogens (tertiary/aromatic N) is 2. The summed E-state index contributed by atoms with van der Waals surface area (Å²) in [6.07, 6.45) is -0.807. The van der Waals surface area contributed by atoms with E-state index in [9.17, 15) is 19.7 Å². The van der Waals surface area contributed by atoms with Gasteiger partial charge in [-0.2, -0.15) is 0 Å². The average Bonchev–Trinajstić information content (AvgIpc) is 2.99. The molecule has 1 atom stereocenters. The molecule has 1 heterocycles. The molecule has 0 saturated carbocycles. The molecule has 5 rings (SSSR count). The number of carbonyl (C=O) groups is 2. The molecule has 1 unspecified atom stereocenters. The van der Waals surface area contributed by atoms with Gasteiger partial charge in [0.1, 0.15) is 11.9 Å². The molecule has 0 aliphatic carbocycles. The maximum absolute atomic E-state index is 13.2. The fourth-order valence-electron chi connectivity index (χ4n) is 4.57. The van der Waals surface area contributed by atoms with Crippen LogP contribution in [0.5, 0.6) is 0 Å². The number of nitro groups is 1. The van der Waals surface area contributed by atoms with E-state index in [0.717, 1.165) is 16.7 Å². The highest BCUT2D eigenvalue weighted by molar-refractivity contribution is 8.02. The summed E-state index contributed by atoms with van der Waals surface area (Å²) in [6.45, 7) is 0.135. The molecule has 0 bridgehead atoms. The quantitative estimate of drug-likeness (QED) is 0.127. The highest BCUT2D eigenvalue weighted by Gasteiger charge is 2.47. The van der Waals surface area contributed by atoms with Crippen LogP contribution < -0.4 is 5.43 Å². The Morgan fingerprint density at radius 2 is 1.44 bits per heavy atom. The zero-order valence-electron chi connectivity index (χ0n) is 20.8. The first kappa shape index (κ1) is 26.0. The van der Waals surface area contributed by atoms with Crippen molar-refractivity contribution in [2.75, 3.05) is 6.54 Å². The number of rotatable bonds is 9. The predicted octanol–water partition coefficient (Wildman–Crippen LogP) is 5.67. The van der Waals surface area contributed by atoms with Gasteiger partial charge in [-0.05, 0) is 22.3 Å². The molecule has 196 valence electrons. The number of nitro benzene ring substituents is 1. The monoisotopic (exact) mass is 539 g/mol.